The molecule has 1 saturated heterocycles. The summed E-state index contributed by atoms with van der Waals surface area (Å²) in [5.41, 5.74) is 1.84. The van der Waals surface area contributed by atoms with Crippen molar-refractivity contribution in [1.29, 1.82) is 0 Å². The molecule has 4 rings (SSSR count). The molecule has 1 aliphatic heterocycles. The first-order valence-corrected chi connectivity index (χ1v) is 8.93. The van der Waals surface area contributed by atoms with E-state index < -0.39 is 0 Å². The molecule has 24 heavy (non-hydrogen) atoms. The maximum absolute atomic E-state index is 6.12. The van der Waals surface area contributed by atoms with Gasteiger partial charge in [-0.15, -0.1) is 11.3 Å². The maximum Gasteiger partial charge on any atom is 0.269 e. The van der Waals surface area contributed by atoms with Gasteiger partial charge in [0.2, 0.25) is 5.82 Å². The fraction of sp³-hybridized carbons (Fsp3) is 0.312. The molecular weight excluding hydrogens is 346 g/mol. The van der Waals surface area contributed by atoms with Crippen molar-refractivity contribution in [2.45, 2.75) is 0 Å². The molecule has 0 atom stereocenters. The number of hydrogen-bond donors (Lipinski definition) is 0. The topological polar surface area (TPSA) is 58.3 Å². The van der Waals surface area contributed by atoms with Gasteiger partial charge in [0.15, 0.2) is 0 Å². The molecule has 0 amide bonds. The van der Waals surface area contributed by atoms with Crippen LogP contribution in [-0.4, -0.2) is 53.3 Å². The highest BCUT2D eigenvalue weighted by atomic mass is 35.5. The second kappa shape index (κ2) is 6.51. The van der Waals surface area contributed by atoms with E-state index in [1.165, 1.54) is 11.3 Å². The summed E-state index contributed by atoms with van der Waals surface area (Å²) in [7, 11) is 2.14. The molecule has 8 heteroatoms. The molecule has 1 aliphatic rings. The highest BCUT2D eigenvalue weighted by Gasteiger charge is 2.18. The number of anilines is 1. The summed E-state index contributed by atoms with van der Waals surface area (Å²) in [6.45, 7) is 4.12. The third kappa shape index (κ3) is 3.02. The molecule has 0 radical (unpaired) electrons. The number of piperazine rings is 1. The van der Waals surface area contributed by atoms with Crippen LogP contribution >= 0.6 is 22.9 Å². The fourth-order valence-electron chi connectivity index (χ4n) is 2.67. The molecule has 0 spiro atoms. The van der Waals surface area contributed by atoms with Gasteiger partial charge in [0, 0.05) is 38.1 Å². The molecule has 3 aromatic rings. The standard InChI is InChI=1S/C16H16ClN5OS/c1-21-5-7-22(8-6-21)11-2-4-18-13(10-11)15-19-16(23-20-15)14-12(17)3-9-24-14/h2-4,9-10H,5-8H2,1H3. The van der Waals surface area contributed by atoms with Crippen LogP contribution in [0.15, 0.2) is 34.3 Å². The van der Waals surface area contributed by atoms with E-state index in [9.17, 15) is 0 Å². The smallest absolute Gasteiger partial charge is 0.269 e. The predicted molar refractivity (Wildman–Crippen MR) is 95.6 cm³/mol. The number of hydrogen-bond acceptors (Lipinski definition) is 7. The normalized spacial score (nSPS) is 15.8. The van der Waals surface area contributed by atoms with Gasteiger partial charge in [-0.05, 0) is 30.6 Å². The molecule has 1 fully saturated rings. The first kappa shape index (κ1) is 15.6. The molecule has 0 aliphatic carbocycles. The van der Waals surface area contributed by atoms with Gasteiger partial charge in [-0.3, -0.25) is 4.98 Å². The van der Waals surface area contributed by atoms with Crippen LogP contribution in [0, 0.1) is 0 Å². The van der Waals surface area contributed by atoms with E-state index >= 15 is 0 Å². The summed E-state index contributed by atoms with van der Waals surface area (Å²) in [6.07, 6.45) is 1.79. The molecule has 0 saturated carbocycles. The van der Waals surface area contributed by atoms with Crippen molar-refractivity contribution in [1.82, 2.24) is 20.0 Å². The molecular formula is C16H16ClN5OS. The Morgan fingerprint density at radius 2 is 2.04 bits per heavy atom. The van der Waals surface area contributed by atoms with Crippen LogP contribution in [0.2, 0.25) is 5.02 Å². The molecule has 4 heterocycles. The van der Waals surface area contributed by atoms with Crippen molar-refractivity contribution in [2.75, 3.05) is 38.1 Å². The number of aromatic nitrogens is 3. The minimum absolute atomic E-state index is 0.428. The maximum atomic E-state index is 6.12. The van der Waals surface area contributed by atoms with E-state index in [1.54, 1.807) is 6.20 Å². The van der Waals surface area contributed by atoms with Crippen LogP contribution in [0.1, 0.15) is 0 Å². The summed E-state index contributed by atoms with van der Waals surface area (Å²) >= 11 is 7.60. The van der Waals surface area contributed by atoms with Gasteiger partial charge in [-0.25, -0.2) is 0 Å². The molecule has 0 aromatic carbocycles. The molecule has 3 aromatic heterocycles. The Balaban J connectivity index is 1.60. The molecule has 0 unspecified atom stereocenters. The van der Waals surface area contributed by atoms with Gasteiger partial charge in [-0.1, -0.05) is 16.8 Å². The van der Waals surface area contributed by atoms with Crippen LogP contribution < -0.4 is 4.90 Å². The lowest BCUT2D eigenvalue weighted by Crippen LogP contribution is -2.44. The summed E-state index contributed by atoms with van der Waals surface area (Å²) in [4.78, 5) is 14.3. The Hall–Kier alpha value is -1.96. The van der Waals surface area contributed by atoms with E-state index in [1.807, 2.05) is 23.6 Å². The average molecular weight is 362 g/mol. The Morgan fingerprint density at radius 1 is 1.21 bits per heavy atom. The lowest BCUT2D eigenvalue weighted by molar-refractivity contribution is 0.313. The van der Waals surface area contributed by atoms with Crippen LogP contribution in [-0.2, 0) is 0 Å². The van der Waals surface area contributed by atoms with E-state index in [4.69, 9.17) is 16.1 Å². The van der Waals surface area contributed by atoms with Crippen molar-refractivity contribution in [3.8, 4) is 22.3 Å². The quantitative estimate of drug-likeness (QED) is 0.713. The minimum Gasteiger partial charge on any atom is -0.369 e. The highest BCUT2D eigenvalue weighted by Crippen LogP contribution is 2.33. The van der Waals surface area contributed by atoms with E-state index in [0.29, 0.717) is 22.4 Å². The molecule has 124 valence electrons. The minimum atomic E-state index is 0.428. The van der Waals surface area contributed by atoms with Gasteiger partial charge in [0.1, 0.15) is 10.6 Å². The summed E-state index contributed by atoms with van der Waals surface area (Å²) < 4.78 is 5.35. The highest BCUT2D eigenvalue weighted by molar-refractivity contribution is 7.14. The van der Waals surface area contributed by atoms with Gasteiger partial charge in [0.05, 0.1) is 5.02 Å². The van der Waals surface area contributed by atoms with Crippen LogP contribution in [0.25, 0.3) is 22.3 Å². The largest absolute Gasteiger partial charge is 0.369 e. The number of nitrogens with zero attached hydrogens (tertiary/aromatic N) is 5. The van der Waals surface area contributed by atoms with Crippen molar-refractivity contribution in [2.24, 2.45) is 0 Å². The summed E-state index contributed by atoms with van der Waals surface area (Å²) in [5, 5.41) is 6.57. The number of thiophene rings is 1. The van der Waals surface area contributed by atoms with E-state index in [2.05, 4.69) is 32.0 Å². The van der Waals surface area contributed by atoms with Gasteiger partial charge < -0.3 is 14.3 Å². The number of rotatable bonds is 3. The lowest BCUT2D eigenvalue weighted by atomic mass is 10.2. The van der Waals surface area contributed by atoms with Crippen molar-refractivity contribution < 1.29 is 4.52 Å². The first-order chi connectivity index (χ1) is 11.7. The number of likely N-dealkylation sites (N-methyl/N-ethyl adjacent to an activating group) is 1. The van der Waals surface area contributed by atoms with E-state index in [-0.39, 0.29) is 0 Å². The fourth-order valence-corrected chi connectivity index (χ4v) is 3.73. The van der Waals surface area contributed by atoms with Gasteiger partial charge >= 0.3 is 0 Å². The van der Waals surface area contributed by atoms with Crippen LogP contribution in [0.5, 0.6) is 0 Å². The van der Waals surface area contributed by atoms with Gasteiger partial charge in [0.25, 0.3) is 5.89 Å². The number of pyridine rings is 1. The van der Waals surface area contributed by atoms with Crippen LogP contribution in [0.3, 0.4) is 0 Å². The van der Waals surface area contributed by atoms with Crippen LogP contribution in [0.4, 0.5) is 5.69 Å². The average Bonchev–Trinajstić information content (AvgIpc) is 3.24. The van der Waals surface area contributed by atoms with Crippen molar-refractivity contribution in [3.05, 3.63) is 34.8 Å². The SMILES string of the molecule is CN1CCN(c2ccnc(-c3noc(-c4sccc4Cl)n3)c2)CC1. The third-order valence-corrected chi connectivity index (χ3v) is 5.41. The van der Waals surface area contributed by atoms with E-state index in [0.717, 1.165) is 36.7 Å². The Bertz CT molecular complexity index is 840. The van der Waals surface area contributed by atoms with Crippen molar-refractivity contribution in [3.63, 3.8) is 0 Å². The van der Waals surface area contributed by atoms with Crippen molar-refractivity contribution >= 4 is 28.6 Å². The lowest BCUT2D eigenvalue weighted by Gasteiger charge is -2.34. The molecule has 0 N–H and O–H groups in total. The first-order valence-electron chi connectivity index (χ1n) is 7.68. The zero-order valence-corrected chi connectivity index (χ0v) is 14.7. The van der Waals surface area contributed by atoms with Gasteiger partial charge in [-0.2, -0.15) is 4.98 Å². The Labute approximate surface area is 148 Å². The third-order valence-electron chi connectivity index (χ3n) is 4.08. The second-order valence-electron chi connectivity index (χ2n) is 5.71. The second-order valence-corrected chi connectivity index (χ2v) is 7.03. The Morgan fingerprint density at radius 3 is 2.79 bits per heavy atom. The zero-order valence-electron chi connectivity index (χ0n) is 13.1. The summed E-state index contributed by atoms with van der Waals surface area (Å²) in [6, 6.07) is 5.85. The molecule has 6 nitrogen and oxygen atoms in total. The zero-order chi connectivity index (χ0) is 16.5. The summed E-state index contributed by atoms with van der Waals surface area (Å²) in [5.74, 6) is 0.905. The monoisotopic (exact) mass is 361 g/mol. The Kier molecular flexibility index (Phi) is 4.22. The molecule has 0 bridgehead atoms. The predicted octanol–water partition coefficient (Wildman–Crippen LogP) is 3.27. The number of halogens is 1.